The summed E-state index contributed by atoms with van der Waals surface area (Å²) >= 11 is 0. The number of hydrazine groups is 1. The molecule has 20 heavy (non-hydrogen) atoms. The van der Waals surface area contributed by atoms with Crippen LogP contribution in [0.4, 0.5) is 11.6 Å². The van der Waals surface area contributed by atoms with Crippen LogP contribution in [0, 0.1) is 0 Å². The predicted octanol–water partition coefficient (Wildman–Crippen LogP) is 2.80. The van der Waals surface area contributed by atoms with Crippen LogP contribution in [0.25, 0.3) is 0 Å². The first-order valence-electron chi connectivity index (χ1n) is 7.94. The van der Waals surface area contributed by atoms with E-state index in [2.05, 4.69) is 22.2 Å². The fraction of sp³-hybridized carbons (Fsp3) is 0.733. The van der Waals surface area contributed by atoms with E-state index >= 15 is 0 Å². The third kappa shape index (κ3) is 2.87. The largest absolute Gasteiger partial charge is 0.353 e. The SMILES string of the molecule is CCC1CCCCCN1c1cc(NN)nc(C2CC2)n1. The van der Waals surface area contributed by atoms with E-state index in [1.165, 1.54) is 44.9 Å². The molecule has 2 aliphatic rings. The monoisotopic (exact) mass is 275 g/mol. The van der Waals surface area contributed by atoms with Gasteiger partial charge in [0.15, 0.2) is 0 Å². The van der Waals surface area contributed by atoms with Crippen molar-refractivity contribution in [3.05, 3.63) is 11.9 Å². The molecule has 1 unspecified atom stereocenters. The van der Waals surface area contributed by atoms with Gasteiger partial charge < -0.3 is 10.3 Å². The first-order chi connectivity index (χ1) is 9.81. The van der Waals surface area contributed by atoms with Gasteiger partial charge in [0.2, 0.25) is 0 Å². The Morgan fingerprint density at radius 1 is 1.25 bits per heavy atom. The van der Waals surface area contributed by atoms with Gasteiger partial charge in [-0.05, 0) is 32.1 Å². The Morgan fingerprint density at radius 3 is 2.80 bits per heavy atom. The van der Waals surface area contributed by atoms with Crippen LogP contribution in [0.5, 0.6) is 0 Å². The second-order valence-electron chi connectivity index (χ2n) is 5.99. The van der Waals surface area contributed by atoms with Gasteiger partial charge in [-0.2, -0.15) is 0 Å². The van der Waals surface area contributed by atoms with Gasteiger partial charge in [0, 0.05) is 24.6 Å². The number of hydrogen-bond donors (Lipinski definition) is 2. The summed E-state index contributed by atoms with van der Waals surface area (Å²) in [7, 11) is 0. The number of hydrogen-bond acceptors (Lipinski definition) is 5. The highest BCUT2D eigenvalue weighted by Crippen LogP contribution is 2.39. The summed E-state index contributed by atoms with van der Waals surface area (Å²) in [6.45, 7) is 3.37. The summed E-state index contributed by atoms with van der Waals surface area (Å²) in [5.41, 5.74) is 2.70. The van der Waals surface area contributed by atoms with E-state index in [0.717, 1.165) is 24.0 Å². The van der Waals surface area contributed by atoms with Crippen LogP contribution in [-0.4, -0.2) is 22.6 Å². The van der Waals surface area contributed by atoms with Crippen LogP contribution in [0.2, 0.25) is 0 Å². The quantitative estimate of drug-likeness (QED) is 0.653. The zero-order valence-electron chi connectivity index (χ0n) is 12.3. The molecule has 5 nitrogen and oxygen atoms in total. The van der Waals surface area contributed by atoms with Gasteiger partial charge >= 0.3 is 0 Å². The Hall–Kier alpha value is -1.36. The van der Waals surface area contributed by atoms with Crippen molar-refractivity contribution >= 4 is 11.6 Å². The zero-order valence-corrected chi connectivity index (χ0v) is 12.3. The maximum absolute atomic E-state index is 5.58. The normalized spacial score (nSPS) is 23.5. The number of aromatic nitrogens is 2. The van der Waals surface area contributed by atoms with Crippen LogP contribution >= 0.6 is 0 Å². The van der Waals surface area contributed by atoms with E-state index in [1.807, 2.05) is 6.07 Å². The highest BCUT2D eigenvalue weighted by atomic mass is 15.3. The Balaban J connectivity index is 1.91. The molecule has 0 amide bonds. The topological polar surface area (TPSA) is 67.1 Å². The molecule has 1 aromatic rings. The Labute approximate surface area is 120 Å². The maximum Gasteiger partial charge on any atom is 0.145 e. The molecule has 2 fully saturated rings. The third-order valence-corrected chi connectivity index (χ3v) is 4.46. The van der Waals surface area contributed by atoms with Crippen molar-refractivity contribution in [3.8, 4) is 0 Å². The summed E-state index contributed by atoms with van der Waals surface area (Å²) in [5, 5.41) is 0. The highest BCUT2D eigenvalue weighted by Gasteiger charge is 2.29. The minimum Gasteiger partial charge on any atom is -0.353 e. The number of anilines is 2. The smallest absolute Gasteiger partial charge is 0.145 e. The van der Waals surface area contributed by atoms with Crippen LogP contribution in [0.15, 0.2) is 6.07 Å². The molecular weight excluding hydrogens is 250 g/mol. The first-order valence-corrected chi connectivity index (χ1v) is 7.94. The van der Waals surface area contributed by atoms with Crippen molar-refractivity contribution in [1.82, 2.24) is 9.97 Å². The minimum atomic E-state index is 0.550. The molecule has 110 valence electrons. The highest BCUT2D eigenvalue weighted by molar-refractivity contribution is 5.50. The molecule has 1 atom stereocenters. The lowest BCUT2D eigenvalue weighted by molar-refractivity contribution is 0.551. The van der Waals surface area contributed by atoms with Crippen LogP contribution < -0.4 is 16.2 Å². The third-order valence-electron chi connectivity index (χ3n) is 4.46. The average molecular weight is 275 g/mol. The van der Waals surface area contributed by atoms with E-state index in [-0.39, 0.29) is 0 Å². The van der Waals surface area contributed by atoms with E-state index in [4.69, 9.17) is 10.8 Å². The molecule has 5 heteroatoms. The maximum atomic E-state index is 5.58. The van der Waals surface area contributed by atoms with E-state index in [0.29, 0.717) is 12.0 Å². The van der Waals surface area contributed by atoms with Gasteiger partial charge in [0.05, 0.1) is 0 Å². The Morgan fingerprint density at radius 2 is 2.10 bits per heavy atom. The second-order valence-corrected chi connectivity index (χ2v) is 5.99. The first kappa shape index (κ1) is 13.6. The van der Waals surface area contributed by atoms with Crippen molar-refractivity contribution in [3.63, 3.8) is 0 Å². The molecule has 0 aromatic carbocycles. The molecular formula is C15H25N5. The fourth-order valence-corrected chi connectivity index (χ4v) is 3.10. The zero-order chi connectivity index (χ0) is 13.9. The number of nitrogen functional groups attached to an aromatic ring is 1. The standard InChI is InChI=1S/C15H25N5/c1-2-12-6-4-3-5-9-20(12)14-10-13(19-16)17-15(18-14)11-7-8-11/h10-12H,2-9,16H2,1H3,(H,17,18,19). The van der Waals surface area contributed by atoms with Crippen molar-refractivity contribution < 1.29 is 0 Å². The molecule has 3 N–H and O–H groups in total. The van der Waals surface area contributed by atoms with Crippen molar-refractivity contribution in [2.75, 3.05) is 16.9 Å². The molecule has 1 saturated heterocycles. The van der Waals surface area contributed by atoms with Crippen LogP contribution in [0.1, 0.15) is 63.6 Å². The summed E-state index contributed by atoms with van der Waals surface area (Å²) in [6, 6.07) is 2.60. The van der Waals surface area contributed by atoms with Gasteiger partial charge in [-0.25, -0.2) is 15.8 Å². The molecule has 1 aliphatic carbocycles. The van der Waals surface area contributed by atoms with Crippen LogP contribution in [-0.2, 0) is 0 Å². The molecule has 1 aliphatic heterocycles. The van der Waals surface area contributed by atoms with E-state index in [1.54, 1.807) is 0 Å². The van der Waals surface area contributed by atoms with Crippen molar-refractivity contribution in [2.45, 2.75) is 63.8 Å². The summed E-state index contributed by atoms with van der Waals surface area (Å²) in [6.07, 6.45) is 8.78. The lowest BCUT2D eigenvalue weighted by atomic mass is 10.1. The lowest BCUT2D eigenvalue weighted by Gasteiger charge is -2.30. The van der Waals surface area contributed by atoms with Gasteiger partial charge in [0.1, 0.15) is 17.5 Å². The number of nitrogens with zero attached hydrogens (tertiary/aromatic N) is 3. The van der Waals surface area contributed by atoms with Gasteiger partial charge in [-0.15, -0.1) is 0 Å². The number of nitrogens with two attached hydrogens (primary N) is 1. The number of nitrogens with one attached hydrogen (secondary N) is 1. The fourth-order valence-electron chi connectivity index (χ4n) is 3.10. The van der Waals surface area contributed by atoms with Crippen molar-refractivity contribution in [2.24, 2.45) is 5.84 Å². The molecule has 0 radical (unpaired) electrons. The summed E-state index contributed by atoms with van der Waals surface area (Å²) in [5.74, 6) is 8.90. The van der Waals surface area contributed by atoms with Crippen molar-refractivity contribution in [1.29, 1.82) is 0 Å². The Bertz CT molecular complexity index is 458. The number of rotatable bonds is 4. The summed E-state index contributed by atoms with van der Waals surface area (Å²) in [4.78, 5) is 11.8. The van der Waals surface area contributed by atoms with Gasteiger partial charge in [-0.1, -0.05) is 19.8 Å². The summed E-state index contributed by atoms with van der Waals surface area (Å²) < 4.78 is 0. The molecule has 0 spiro atoms. The molecule has 0 bridgehead atoms. The Kier molecular flexibility index (Phi) is 4.05. The lowest BCUT2D eigenvalue weighted by Crippen LogP contribution is -2.35. The van der Waals surface area contributed by atoms with E-state index < -0.39 is 0 Å². The predicted molar refractivity (Wildman–Crippen MR) is 81.7 cm³/mol. The minimum absolute atomic E-state index is 0.550. The molecule has 2 heterocycles. The molecule has 3 rings (SSSR count). The van der Waals surface area contributed by atoms with Gasteiger partial charge in [0.25, 0.3) is 0 Å². The molecule has 1 aromatic heterocycles. The average Bonchev–Trinajstić information content (AvgIpc) is 3.32. The molecule has 1 saturated carbocycles. The van der Waals surface area contributed by atoms with E-state index in [9.17, 15) is 0 Å². The second kappa shape index (κ2) is 5.95. The van der Waals surface area contributed by atoms with Gasteiger partial charge in [-0.3, -0.25) is 0 Å². The van der Waals surface area contributed by atoms with Crippen LogP contribution in [0.3, 0.4) is 0 Å².